The fourth-order valence-electron chi connectivity index (χ4n) is 2.85. The van der Waals surface area contributed by atoms with Crippen molar-refractivity contribution in [3.8, 4) is 0 Å². The Morgan fingerprint density at radius 3 is 2.30 bits per heavy atom. The Morgan fingerprint density at radius 2 is 1.78 bits per heavy atom. The third-order valence-electron chi connectivity index (χ3n) is 4.44. The highest BCUT2D eigenvalue weighted by molar-refractivity contribution is 6.07. The van der Waals surface area contributed by atoms with Gasteiger partial charge in [-0.1, -0.05) is 30.3 Å². The third-order valence-corrected chi connectivity index (χ3v) is 4.44. The standard InChI is InChI=1S/C18H27N3O2/c1-13(14-8-6-5-7-9-14)21-17(2,3)12-20-16(23)18(10-11-18)15(22)19-4/h5-9,13,21H,10-12H2,1-4H3,(H,19,22)(H,20,23)/t13-/m0/s1. The van der Waals surface area contributed by atoms with E-state index in [0.29, 0.717) is 19.4 Å². The van der Waals surface area contributed by atoms with Gasteiger partial charge in [-0.05, 0) is 39.2 Å². The van der Waals surface area contributed by atoms with E-state index >= 15 is 0 Å². The molecular weight excluding hydrogens is 290 g/mol. The predicted molar refractivity (Wildman–Crippen MR) is 90.8 cm³/mol. The topological polar surface area (TPSA) is 70.2 Å². The second kappa shape index (κ2) is 6.71. The molecule has 1 aromatic carbocycles. The molecule has 0 aliphatic heterocycles. The molecule has 2 rings (SSSR count). The van der Waals surface area contributed by atoms with Crippen LogP contribution in [0, 0.1) is 5.41 Å². The normalized spacial score (nSPS) is 17.2. The van der Waals surface area contributed by atoms with Crippen molar-refractivity contribution in [3.05, 3.63) is 35.9 Å². The summed E-state index contributed by atoms with van der Waals surface area (Å²) in [6, 6.07) is 10.4. The van der Waals surface area contributed by atoms with Crippen LogP contribution in [-0.2, 0) is 9.59 Å². The smallest absolute Gasteiger partial charge is 0.235 e. The zero-order valence-electron chi connectivity index (χ0n) is 14.4. The van der Waals surface area contributed by atoms with Crippen molar-refractivity contribution in [2.45, 2.75) is 45.2 Å². The molecule has 0 unspecified atom stereocenters. The molecule has 126 valence electrons. The average Bonchev–Trinajstić information content (AvgIpc) is 3.34. The van der Waals surface area contributed by atoms with Gasteiger partial charge in [-0.15, -0.1) is 0 Å². The summed E-state index contributed by atoms with van der Waals surface area (Å²) in [5.41, 5.74) is 0.0930. The number of amides is 2. The van der Waals surface area contributed by atoms with E-state index in [4.69, 9.17) is 0 Å². The molecule has 5 heteroatoms. The Bertz CT molecular complexity index is 565. The zero-order valence-corrected chi connectivity index (χ0v) is 14.4. The third kappa shape index (κ3) is 4.10. The second-order valence-corrected chi connectivity index (χ2v) is 7.00. The molecule has 1 aliphatic rings. The molecule has 23 heavy (non-hydrogen) atoms. The number of rotatable bonds is 7. The summed E-state index contributed by atoms with van der Waals surface area (Å²) in [6.07, 6.45) is 1.26. The van der Waals surface area contributed by atoms with Crippen LogP contribution in [-0.4, -0.2) is 30.9 Å². The van der Waals surface area contributed by atoms with Crippen LogP contribution in [0.5, 0.6) is 0 Å². The minimum Gasteiger partial charge on any atom is -0.358 e. The van der Waals surface area contributed by atoms with E-state index < -0.39 is 5.41 Å². The molecule has 0 aromatic heterocycles. The summed E-state index contributed by atoms with van der Waals surface area (Å²) in [6.45, 7) is 6.67. The Morgan fingerprint density at radius 1 is 1.17 bits per heavy atom. The quantitative estimate of drug-likeness (QED) is 0.671. The highest BCUT2D eigenvalue weighted by Gasteiger charge is 2.56. The minimum atomic E-state index is -0.837. The van der Waals surface area contributed by atoms with Crippen molar-refractivity contribution in [2.75, 3.05) is 13.6 Å². The number of benzene rings is 1. The van der Waals surface area contributed by atoms with Gasteiger partial charge in [0.1, 0.15) is 5.41 Å². The Kier molecular flexibility index (Phi) is 5.09. The fraction of sp³-hybridized carbons (Fsp3) is 0.556. The molecule has 0 radical (unpaired) electrons. The molecule has 0 heterocycles. The van der Waals surface area contributed by atoms with Gasteiger partial charge in [-0.3, -0.25) is 9.59 Å². The number of nitrogens with one attached hydrogen (secondary N) is 3. The van der Waals surface area contributed by atoms with E-state index in [2.05, 4.69) is 35.0 Å². The first-order valence-corrected chi connectivity index (χ1v) is 8.14. The Labute approximate surface area is 138 Å². The number of hydrogen-bond acceptors (Lipinski definition) is 3. The number of carbonyl (C=O) groups is 2. The molecule has 0 spiro atoms. The van der Waals surface area contributed by atoms with Crippen LogP contribution in [0.15, 0.2) is 30.3 Å². The van der Waals surface area contributed by atoms with Gasteiger partial charge < -0.3 is 16.0 Å². The Hall–Kier alpha value is -1.88. The SMILES string of the molecule is CNC(=O)C1(C(=O)NCC(C)(C)N[C@@H](C)c2ccccc2)CC1. The van der Waals surface area contributed by atoms with Gasteiger partial charge in [-0.2, -0.15) is 0 Å². The molecule has 3 N–H and O–H groups in total. The van der Waals surface area contributed by atoms with Gasteiger partial charge in [0.05, 0.1) is 0 Å². The van der Waals surface area contributed by atoms with Gasteiger partial charge in [0, 0.05) is 25.2 Å². The van der Waals surface area contributed by atoms with Crippen molar-refractivity contribution < 1.29 is 9.59 Å². The molecule has 1 aromatic rings. The van der Waals surface area contributed by atoms with Crippen LogP contribution in [0.1, 0.15) is 45.2 Å². The van der Waals surface area contributed by atoms with Crippen molar-refractivity contribution in [3.63, 3.8) is 0 Å². The second-order valence-electron chi connectivity index (χ2n) is 7.00. The highest BCUT2D eigenvalue weighted by Crippen LogP contribution is 2.46. The summed E-state index contributed by atoms with van der Waals surface area (Å²) in [7, 11) is 1.57. The van der Waals surface area contributed by atoms with Crippen LogP contribution in [0.3, 0.4) is 0 Å². The summed E-state index contributed by atoms with van der Waals surface area (Å²) in [5, 5.41) is 9.05. The lowest BCUT2D eigenvalue weighted by atomic mass is 9.99. The summed E-state index contributed by atoms with van der Waals surface area (Å²) >= 11 is 0. The molecule has 0 saturated heterocycles. The van der Waals surface area contributed by atoms with E-state index in [1.54, 1.807) is 7.05 Å². The van der Waals surface area contributed by atoms with Gasteiger partial charge in [0.2, 0.25) is 11.8 Å². The van der Waals surface area contributed by atoms with Crippen LogP contribution < -0.4 is 16.0 Å². The van der Waals surface area contributed by atoms with Crippen molar-refractivity contribution in [1.82, 2.24) is 16.0 Å². The first-order valence-electron chi connectivity index (χ1n) is 8.14. The van der Waals surface area contributed by atoms with Crippen LogP contribution >= 0.6 is 0 Å². The summed E-state index contributed by atoms with van der Waals surface area (Å²) in [5.74, 6) is -0.350. The lowest BCUT2D eigenvalue weighted by Crippen LogP contribution is -2.52. The number of hydrogen-bond donors (Lipinski definition) is 3. The van der Waals surface area contributed by atoms with E-state index in [0.717, 1.165) is 0 Å². The minimum absolute atomic E-state index is 0.168. The zero-order chi connectivity index (χ0) is 17.1. The molecule has 1 aliphatic carbocycles. The molecule has 0 bridgehead atoms. The van der Waals surface area contributed by atoms with Crippen molar-refractivity contribution >= 4 is 11.8 Å². The fourth-order valence-corrected chi connectivity index (χ4v) is 2.85. The first-order chi connectivity index (χ1) is 10.8. The van der Waals surface area contributed by atoms with Crippen LogP contribution in [0.2, 0.25) is 0 Å². The van der Waals surface area contributed by atoms with Crippen LogP contribution in [0.25, 0.3) is 0 Å². The maximum atomic E-state index is 12.3. The average molecular weight is 317 g/mol. The maximum absolute atomic E-state index is 12.3. The predicted octanol–water partition coefficient (Wildman–Crippen LogP) is 1.76. The van der Waals surface area contributed by atoms with Crippen molar-refractivity contribution in [1.29, 1.82) is 0 Å². The molecule has 5 nitrogen and oxygen atoms in total. The maximum Gasteiger partial charge on any atom is 0.235 e. The number of carbonyl (C=O) groups excluding carboxylic acids is 2. The summed E-state index contributed by atoms with van der Waals surface area (Å²) < 4.78 is 0. The lowest BCUT2D eigenvalue weighted by Gasteiger charge is -2.31. The van der Waals surface area contributed by atoms with E-state index in [-0.39, 0.29) is 23.4 Å². The summed E-state index contributed by atoms with van der Waals surface area (Å²) in [4.78, 5) is 24.2. The monoisotopic (exact) mass is 317 g/mol. The molecule has 1 saturated carbocycles. The largest absolute Gasteiger partial charge is 0.358 e. The lowest BCUT2D eigenvalue weighted by molar-refractivity contribution is -0.137. The first kappa shape index (κ1) is 17.5. The van der Waals surface area contributed by atoms with Crippen LogP contribution in [0.4, 0.5) is 0 Å². The van der Waals surface area contributed by atoms with E-state index in [1.165, 1.54) is 5.56 Å². The molecule has 2 amide bonds. The molecule has 1 atom stereocenters. The molecular formula is C18H27N3O2. The van der Waals surface area contributed by atoms with Gasteiger partial charge in [0.15, 0.2) is 0 Å². The Balaban J connectivity index is 1.89. The van der Waals surface area contributed by atoms with Gasteiger partial charge in [-0.25, -0.2) is 0 Å². The highest BCUT2D eigenvalue weighted by atomic mass is 16.2. The van der Waals surface area contributed by atoms with E-state index in [9.17, 15) is 9.59 Å². The van der Waals surface area contributed by atoms with Gasteiger partial charge in [0.25, 0.3) is 0 Å². The molecule has 1 fully saturated rings. The van der Waals surface area contributed by atoms with E-state index in [1.807, 2.05) is 32.0 Å². The van der Waals surface area contributed by atoms with Crippen molar-refractivity contribution in [2.24, 2.45) is 5.41 Å². The van der Waals surface area contributed by atoms with Gasteiger partial charge >= 0.3 is 0 Å².